The molecule has 0 saturated carbocycles. The molecule has 0 aliphatic heterocycles. The summed E-state index contributed by atoms with van der Waals surface area (Å²) in [6.45, 7) is 0.596. The van der Waals surface area contributed by atoms with Crippen LogP contribution in [0.25, 0.3) is 6.08 Å². The highest BCUT2D eigenvalue weighted by Gasteiger charge is 1.99. The fraction of sp³-hybridized carbons (Fsp3) is 0.375. The van der Waals surface area contributed by atoms with Gasteiger partial charge in [-0.25, -0.2) is 0 Å². The molecule has 0 heterocycles. The van der Waals surface area contributed by atoms with Gasteiger partial charge < -0.3 is 10.4 Å². The van der Waals surface area contributed by atoms with Crippen molar-refractivity contribution in [1.82, 2.24) is 5.32 Å². The molecule has 2 N–H and O–H groups in total. The maximum Gasteiger partial charge on any atom is 0.303 e. The molecule has 0 atom stereocenters. The maximum atomic E-state index is 11.6. The van der Waals surface area contributed by atoms with E-state index in [2.05, 4.69) is 5.32 Å². The van der Waals surface area contributed by atoms with Crippen molar-refractivity contribution in [2.24, 2.45) is 0 Å². The van der Waals surface area contributed by atoms with Gasteiger partial charge >= 0.3 is 5.97 Å². The fourth-order valence-corrected chi connectivity index (χ4v) is 2.00. The largest absolute Gasteiger partial charge is 0.481 e. The number of unbranched alkanes of at least 4 members (excludes halogenated alkanes) is 3. The highest BCUT2D eigenvalue weighted by molar-refractivity contribution is 6.32. The molecule has 21 heavy (non-hydrogen) atoms. The van der Waals surface area contributed by atoms with Gasteiger partial charge in [0.15, 0.2) is 0 Å². The lowest BCUT2D eigenvalue weighted by atomic mass is 10.1. The standard InChI is InChI=1S/C16H20ClNO3/c17-14-8-5-4-7-13(14)10-11-15(19)18-12-6-2-1-3-9-16(20)21/h4-5,7-8,10-11H,1-3,6,9,12H2,(H,18,19)(H,20,21)/b11-10+. The minimum atomic E-state index is -0.756. The van der Waals surface area contributed by atoms with Crippen molar-refractivity contribution >= 4 is 29.6 Å². The number of hydrogen-bond acceptors (Lipinski definition) is 2. The Morgan fingerprint density at radius 1 is 1.14 bits per heavy atom. The number of benzene rings is 1. The molecule has 0 saturated heterocycles. The van der Waals surface area contributed by atoms with Crippen LogP contribution in [-0.2, 0) is 9.59 Å². The smallest absolute Gasteiger partial charge is 0.303 e. The predicted octanol–water partition coefficient (Wildman–Crippen LogP) is 3.50. The number of nitrogens with one attached hydrogen (secondary N) is 1. The van der Waals surface area contributed by atoms with E-state index in [1.165, 1.54) is 6.08 Å². The van der Waals surface area contributed by atoms with Gasteiger partial charge in [-0.1, -0.05) is 42.6 Å². The normalized spacial score (nSPS) is 10.7. The third-order valence-electron chi connectivity index (χ3n) is 2.94. The molecule has 1 rings (SSSR count). The van der Waals surface area contributed by atoms with Crippen LogP contribution >= 0.6 is 11.6 Å². The van der Waals surface area contributed by atoms with Crippen LogP contribution in [0.3, 0.4) is 0 Å². The Labute approximate surface area is 129 Å². The summed E-state index contributed by atoms with van der Waals surface area (Å²) < 4.78 is 0. The average Bonchev–Trinajstić information content (AvgIpc) is 2.45. The SMILES string of the molecule is O=C(O)CCCCCCNC(=O)/C=C/c1ccccc1Cl. The van der Waals surface area contributed by atoms with Crippen molar-refractivity contribution in [2.75, 3.05) is 6.54 Å². The van der Waals surface area contributed by atoms with Gasteiger partial charge in [0.25, 0.3) is 0 Å². The van der Waals surface area contributed by atoms with Crippen LogP contribution in [0.15, 0.2) is 30.3 Å². The van der Waals surface area contributed by atoms with Gasteiger partial charge in [-0.3, -0.25) is 9.59 Å². The number of halogens is 1. The molecule has 0 aliphatic rings. The number of rotatable bonds is 9. The molecule has 0 unspecified atom stereocenters. The van der Waals surface area contributed by atoms with Gasteiger partial charge in [0.2, 0.25) is 5.91 Å². The molecule has 5 heteroatoms. The highest BCUT2D eigenvalue weighted by atomic mass is 35.5. The zero-order valence-electron chi connectivity index (χ0n) is 11.8. The first-order valence-corrected chi connectivity index (χ1v) is 7.39. The predicted molar refractivity (Wildman–Crippen MR) is 84.2 cm³/mol. The lowest BCUT2D eigenvalue weighted by Crippen LogP contribution is -2.21. The van der Waals surface area contributed by atoms with E-state index in [0.717, 1.165) is 24.8 Å². The number of carboxylic acid groups (broad SMARTS) is 1. The number of amides is 1. The Bertz CT molecular complexity index is 500. The van der Waals surface area contributed by atoms with Gasteiger partial charge in [0.05, 0.1) is 0 Å². The summed E-state index contributed by atoms with van der Waals surface area (Å²) in [7, 11) is 0. The van der Waals surface area contributed by atoms with Gasteiger partial charge in [0, 0.05) is 24.1 Å². The molecule has 1 aromatic carbocycles. The fourth-order valence-electron chi connectivity index (χ4n) is 1.80. The van der Waals surface area contributed by atoms with Crippen molar-refractivity contribution in [1.29, 1.82) is 0 Å². The number of carbonyl (C=O) groups excluding carboxylic acids is 1. The van der Waals surface area contributed by atoms with E-state index in [9.17, 15) is 9.59 Å². The van der Waals surface area contributed by atoms with Crippen molar-refractivity contribution in [3.63, 3.8) is 0 Å². The van der Waals surface area contributed by atoms with E-state index >= 15 is 0 Å². The van der Waals surface area contributed by atoms with Gasteiger partial charge in [-0.2, -0.15) is 0 Å². The monoisotopic (exact) mass is 309 g/mol. The summed E-state index contributed by atoms with van der Waals surface area (Å²) in [5.74, 6) is -0.909. The molecule has 0 aromatic heterocycles. The quantitative estimate of drug-likeness (QED) is 0.542. The van der Waals surface area contributed by atoms with Crippen LogP contribution in [0.1, 0.15) is 37.7 Å². The second-order valence-electron chi connectivity index (χ2n) is 4.70. The zero-order valence-corrected chi connectivity index (χ0v) is 12.6. The first-order valence-electron chi connectivity index (χ1n) is 7.02. The lowest BCUT2D eigenvalue weighted by Gasteiger charge is -2.02. The van der Waals surface area contributed by atoms with Crippen LogP contribution in [0, 0.1) is 0 Å². The van der Waals surface area contributed by atoms with E-state index in [1.54, 1.807) is 12.1 Å². The molecule has 1 aromatic rings. The summed E-state index contributed by atoms with van der Waals surface area (Å²) in [6, 6.07) is 7.31. The lowest BCUT2D eigenvalue weighted by molar-refractivity contribution is -0.137. The van der Waals surface area contributed by atoms with E-state index in [0.29, 0.717) is 18.0 Å². The molecule has 0 radical (unpaired) electrons. The highest BCUT2D eigenvalue weighted by Crippen LogP contribution is 2.15. The van der Waals surface area contributed by atoms with Crippen molar-refractivity contribution in [3.05, 3.63) is 40.9 Å². The molecule has 0 aliphatic carbocycles. The van der Waals surface area contributed by atoms with Crippen molar-refractivity contribution in [2.45, 2.75) is 32.1 Å². The Kier molecular flexibility index (Phi) is 8.21. The number of hydrogen-bond donors (Lipinski definition) is 2. The van der Waals surface area contributed by atoms with Crippen LogP contribution in [0.2, 0.25) is 5.02 Å². The molecular weight excluding hydrogens is 290 g/mol. The third-order valence-corrected chi connectivity index (χ3v) is 3.28. The minimum absolute atomic E-state index is 0.152. The van der Waals surface area contributed by atoms with Gasteiger partial charge in [-0.05, 0) is 30.5 Å². The minimum Gasteiger partial charge on any atom is -0.481 e. The van der Waals surface area contributed by atoms with Gasteiger partial charge in [-0.15, -0.1) is 0 Å². The first kappa shape index (κ1) is 17.2. The van der Waals surface area contributed by atoms with E-state index in [4.69, 9.17) is 16.7 Å². The molecule has 0 spiro atoms. The van der Waals surface area contributed by atoms with Crippen molar-refractivity contribution < 1.29 is 14.7 Å². The van der Waals surface area contributed by atoms with Crippen LogP contribution in [0.5, 0.6) is 0 Å². The summed E-state index contributed by atoms with van der Waals surface area (Å²) in [6.07, 6.45) is 6.70. The number of carbonyl (C=O) groups is 2. The Morgan fingerprint density at radius 3 is 2.57 bits per heavy atom. The summed E-state index contributed by atoms with van der Waals surface area (Å²) in [5, 5.41) is 11.9. The zero-order chi connectivity index (χ0) is 15.5. The van der Waals surface area contributed by atoms with E-state index < -0.39 is 5.97 Å². The van der Waals surface area contributed by atoms with Crippen LogP contribution < -0.4 is 5.32 Å². The summed E-state index contributed by atoms with van der Waals surface area (Å²) in [5.41, 5.74) is 0.808. The maximum absolute atomic E-state index is 11.6. The van der Waals surface area contributed by atoms with Gasteiger partial charge in [0.1, 0.15) is 0 Å². The first-order chi connectivity index (χ1) is 10.1. The Morgan fingerprint density at radius 2 is 1.86 bits per heavy atom. The second-order valence-corrected chi connectivity index (χ2v) is 5.11. The van der Waals surface area contributed by atoms with Crippen LogP contribution in [-0.4, -0.2) is 23.5 Å². The summed E-state index contributed by atoms with van der Waals surface area (Å²) >= 11 is 5.98. The number of aliphatic carboxylic acids is 1. The topological polar surface area (TPSA) is 66.4 Å². The van der Waals surface area contributed by atoms with E-state index in [-0.39, 0.29) is 12.3 Å². The Balaban J connectivity index is 2.14. The molecule has 0 bridgehead atoms. The molecular formula is C16H20ClNO3. The van der Waals surface area contributed by atoms with E-state index in [1.807, 2.05) is 18.2 Å². The van der Waals surface area contributed by atoms with Crippen molar-refractivity contribution in [3.8, 4) is 0 Å². The summed E-state index contributed by atoms with van der Waals surface area (Å²) in [4.78, 5) is 21.9. The molecule has 1 amide bonds. The third kappa shape index (κ3) is 8.15. The molecule has 0 fully saturated rings. The van der Waals surface area contributed by atoms with Crippen LogP contribution in [0.4, 0.5) is 0 Å². The second kappa shape index (κ2) is 10.00. The number of carboxylic acids is 1. The Hall–Kier alpha value is -1.81. The average molecular weight is 310 g/mol. The molecule has 114 valence electrons. The molecule has 4 nitrogen and oxygen atoms in total.